The number of H-pyrrole nitrogens is 1. The molecule has 5 nitrogen and oxygen atoms in total. The normalized spacial score (nSPS) is 12.3. The van der Waals surface area contributed by atoms with Gasteiger partial charge in [-0.05, 0) is 18.4 Å². The van der Waals surface area contributed by atoms with Gasteiger partial charge in [0.2, 0.25) is 0 Å². The third-order valence-electron chi connectivity index (χ3n) is 2.72. The van der Waals surface area contributed by atoms with E-state index < -0.39 is 0 Å². The second-order valence-electron chi connectivity index (χ2n) is 4.15. The Balaban J connectivity index is 0.00000133. The maximum atomic E-state index is 11.9. The number of nitrogens with zero attached hydrogens (tertiary/aromatic N) is 2. The van der Waals surface area contributed by atoms with E-state index in [0.717, 1.165) is 10.6 Å². The smallest absolute Gasteiger partial charge is 0.272 e. The van der Waals surface area contributed by atoms with E-state index in [1.54, 1.807) is 11.3 Å². The lowest BCUT2D eigenvalue weighted by atomic mass is 10.2. The molecule has 0 bridgehead atoms. The molecule has 19 heavy (non-hydrogen) atoms. The van der Waals surface area contributed by atoms with Crippen molar-refractivity contribution < 1.29 is 0 Å². The molecule has 3 heterocycles. The van der Waals surface area contributed by atoms with E-state index in [0.29, 0.717) is 11.3 Å². The zero-order chi connectivity index (χ0) is 12.7. The number of fused-ring (bicyclic) bond motifs is 1. The molecule has 3 aromatic rings. The van der Waals surface area contributed by atoms with Crippen molar-refractivity contribution >= 4 is 29.4 Å². The van der Waals surface area contributed by atoms with Crippen LogP contribution in [0.2, 0.25) is 0 Å². The standard InChI is InChI=1S/C12H12N4OS.ClH/c1-7(13)8-6-12(17)16-11(14-8)5-9(15-16)10-3-2-4-18-10;/h2-7,15H,13H2,1H3;1H. The van der Waals surface area contributed by atoms with Crippen LogP contribution in [0.15, 0.2) is 34.4 Å². The van der Waals surface area contributed by atoms with Crippen LogP contribution in [-0.2, 0) is 0 Å². The molecule has 0 aliphatic heterocycles. The maximum absolute atomic E-state index is 11.9. The summed E-state index contributed by atoms with van der Waals surface area (Å²) in [5, 5.41) is 5.03. The summed E-state index contributed by atoms with van der Waals surface area (Å²) in [5.74, 6) is 0. The monoisotopic (exact) mass is 296 g/mol. The third kappa shape index (κ3) is 2.42. The van der Waals surface area contributed by atoms with E-state index in [1.807, 2.05) is 30.5 Å². The molecule has 3 N–H and O–H groups in total. The number of halogens is 1. The van der Waals surface area contributed by atoms with Crippen LogP contribution >= 0.6 is 23.7 Å². The third-order valence-corrected chi connectivity index (χ3v) is 3.63. The van der Waals surface area contributed by atoms with Crippen molar-refractivity contribution in [3.8, 4) is 10.6 Å². The number of rotatable bonds is 2. The Morgan fingerprint density at radius 2 is 2.26 bits per heavy atom. The fourth-order valence-corrected chi connectivity index (χ4v) is 2.49. The van der Waals surface area contributed by atoms with Crippen molar-refractivity contribution in [2.75, 3.05) is 0 Å². The Bertz CT molecular complexity index is 745. The second kappa shape index (κ2) is 5.16. The summed E-state index contributed by atoms with van der Waals surface area (Å²) >= 11 is 1.61. The lowest BCUT2D eigenvalue weighted by Crippen LogP contribution is -2.18. The van der Waals surface area contributed by atoms with Crippen molar-refractivity contribution in [1.82, 2.24) is 14.6 Å². The minimum absolute atomic E-state index is 0. The summed E-state index contributed by atoms with van der Waals surface area (Å²) < 4.78 is 1.43. The van der Waals surface area contributed by atoms with Gasteiger partial charge < -0.3 is 5.73 Å². The Morgan fingerprint density at radius 3 is 2.89 bits per heavy atom. The first-order valence-corrected chi connectivity index (χ1v) is 6.45. The predicted octanol–water partition coefficient (Wildman–Crippen LogP) is 2.19. The highest BCUT2D eigenvalue weighted by Crippen LogP contribution is 2.23. The van der Waals surface area contributed by atoms with Crippen molar-refractivity contribution in [2.45, 2.75) is 13.0 Å². The largest absolute Gasteiger partial charge is 0.323 e. The van der Waals surface area contributed by atoms with E-state index in [9.17, 15) is 4.79 Å². The molecule has 0 saturated heterocycles. The maximum Gasteiger partial charge on any atom is 0.272 e. The van der Waals surface area contributed by atoms with Crippen LogP contribution in [0.5, 0.6) is 0 Å². The molecule has 0 aliphatic rings. The highest BCUT2D eigenvalue weighted by atomic mass is 35.5. The van der Waals surface area contributed by atoms with E-state index in [-0.39, 0.29) is 24.0 Å². The average Bonchev–Trinajstić information content (AvgIpc) is 2.96. The van der Waals surface area contributed by atoms with Crippen molar-refractivity contribution in [3.05, 3.63) is 45.7 Å². The summed E-state index contributed by atoms with van der Waals surface area (Å²) in [6, 6.07) is 7.04. The van der Waals surface area contributed by atoms with Gasteiger partial charge in [0.1, 0.15) is 0 Å². The first kappa shape index (κ1) is 13.8. The lowest BCUT2D eigenvalue weighted by molar-refractivity contribution is 0.765. The molecule has 0 aliphatic carbocycles. The van der Waals surface area contributed by atoms with Crippen LogP contribution in [0.1, 0.15) is 18.7 Å². The molecule has 3 aromatic heterocycles. The highest BCUT2D eigenvalue weighted by Gasteiger charge is 2.10. The fourth-order valence-electron chi connectivity index (χ4n) is 1.80. The Kier molecular flexibility index (Phi) is 3.75. The first-order chi connectivity index (χ1) is 8.65. The van der Waals surface area contributed by atoms with Gasteiger partial charge in [-0.2, -0.15) is 0 Å². The number of aromatic nitrogens is 3. The second-order valence-corrected chi connectivity index (χ2v) is 5.10. The van der Waals surface area contributed by atoms with Crippen LogP contribution < -0.4 is 11.3 Å². The lowest BCUT2D eigenvalue weighted by Gasteiger charge is -2.03. The number of nitrogens with two attached hydrogens (primary N) is 1. The number of hydrogen-bond acceptors (Lipinski definition) is 4. The first-order valence-electron chi connectivity index (χ1n) is 5.57. The van der Waals surface area contributed by atoms with E-state index in [2.05, 4.69) is 10.1 Å². The van der Waals surface area contributed by atoms with Gasteiger partial charge >= 0.3 is 0 Å². The quantitative estimate of drug-likeness (QED) is 0.761. The van der Waals surface area contributed by atoms with Gasteiger partial charge in [-0.25, -0.2) is 9.50 Å². The van der Waals surface area contributed by atoms with E-state index in [1.165, 1.54) is 10.6 Å². The molecular formula is C12H13ClN4OS. The van der Waals surface area contributed by atoms with Gasteiger partial charge in [0.25, 0.3) is 5.56 Å². The molecule has 0 saturated carbocycles. The van der Waals surface area contributed by atoms with Gasteiger partial charge in [0, 0.05) is 18.2 Å². The molecule has 0 spiro atoms. The molecule has 0 amide bonds. The van der Waals surface area contributed by atoms with Gasteiger partial charge in [-0.15, -0.1) is 23.7 Å². The molecule has 0 radical (unpaired) electrons. The van der Waals surface area contributed by atoms with Crippen molar-refractivity contribution in [1.29, 1.82) is 0 Å². The number of thiophene rings is 1. The predicted molar refractivity (Wildman–Crippen MR) is 79.0 cm³/mol. The van der Waals surface area contributed by atoms with Crippen LogP contribution in [-0.4, -0.2) is 14.6 Å². The minimum atomic E-state index is -0.247. The zero-order valence-corrected chi connectivity index (χ0v) is 11.8. The zero-order valence-electron chi connectivity index (χ0n) is 10.2. The van der Waals surface area contributed by atoms with Crippen LogP contribution in [0.4, 0.5) is 0 Å². The van der Waals surface area contributed by atoms with Crippen molar-refractivity contribution in [3.63, 3.8) is 0 Å². The van der Waals surface area contributed by atoms with Gasteiger partial charge in [0.15, 0.2) is 5.65 Å². The number of nitrogens with one attached hydrogen (secondary N) is 1. The minimum Gasteiger partial charge on any atom is -0.323 e. The Hall–Kier alpha value is -1.63. The molecule has 0 fully saturated rings. The molecule has 3 rings (SSSR count). The summed E-state index contributed by atoms with van der Waals surface area (Å²) in [6.45, 7) is 1.81. The van der Waals surface area contributed by atoms with Gasteiger partial charge in [-0.3, -0.25) is 9.89 Å². The van der Waals surface area contributed by atoms with Gasteiger partial charge in [0.05, 0.1) is 16.3 Å². The number of hydrogen-bond donors (Lipinski definition) is 2. The molecule has 0 aromatic carbocycles. The van der Waals surface area contributed by atoms with Crippen LogP contribution in [0.25, 0.3) is 16.2 Å². The summed E-state index contributed by atoms with van der Waals surface area (Å²) in [7, 11) is 0. The summed E-state index contributed by atoms with van der Waals surface area (Å²) in [4.78, 5) is 17.4. The molecule has 1 atom stereocenters. The Labute approximate surface area is 119 Å². The molecule has 1 unspecified atom stereocenters. The molecular weight excluding hydrogens is 284 g/mol. The Morgan fingerprint density at radius 1 is 1.47 bits per heavy atom. The van der Waals surface area contributed by atoms with Crippen LogP contribution in [0.3, 0.4) is 0 Å². The molecule has 7 heteroatoms. The van der Waals surface area contributed by atoms with E-state index in [4.69, 9.17) is 5.73 Å². The number of aromatic amines is 1. The fraction of sp³-hybridized carbons (Fsp3) is 0.167. The van der Waals surface area contributed by atoms with E-state index >= 15 is 0 Å². The topological polar surface area (TPSA) is 76.2 Å². The summed E-state index contributed by atoms with van der Waals surface area (Å²) in [6.07, 6.45) is 0. The molecule has 100 valence electrons. The van der Waals surface area contributed by atoms with Gasteiger partial charge in [-0.1, -0.05) is 6.07 Å². The van der Waals surface area contributed by atoms with Crippen molar-refractivity contribution in [2.24, 2.45) is 5.73 Å². The average molecular weight is 297 g/mol. The summed E-state index contributed by atoms with van der Waals surface area (Å²) in [5.41, 5.74) is 7.70. The SMILES string of the molecule is CC(N)c1cc(=O)n2[nH]c(-c3cccs3)cc2n1.Cl. The highest BCUT2D eigenvalue weighted by molar-refractivity contribution is 7.13. The van der Waals surface area contributed by atoms with Crippen LogP contribution in [0, 0.1) is 0 Å².